The Labute approximate surface area is 116 Å². The van der Waals surface area contributed by atoms with Gasteiger partial charge in [0, 0.05) is 13.2 Å². The molecule has 1 aromatic carbocycles. The number of nitrogens with one attached hydrogen (secondary N) is 1. The lowest BCUT2D eigenvalue weighted by Gasteiger charge is -2.20. The topological polar surface area (TPSA) is 88.3 Å². The van der Waals surface area contributed by atoms with Crippen LogP contribution in [0.5, 0.6) is 0 Å². The van der Waals surface area contributed by atoms with Gasteiger partial charge in [0.05, 0.1) is 5.69 Å². The number of anilines is 2. The van der Waals surface area contributed by atoms with E-state index in [1.54, 1.807) is 6.07 Å². The number of nitrogens with zero attached hydrogens (tertiary/aromatic N) is 2. The summed E-state index contributed by atoms with van der Waals surface area (Å²) in [5, 5.41) is 0. The highest BCUT2D eigenvalue weighted by Gasteiger charge is 2.26. The molecule has 1 heterocycles. The van der Waals surface area contributed by atoms with Crippen molar-refractivity contribution in [2.45, 2.75) is 4.90 Å². The van der Waals surface area contributed by atoms with E-state index in [9.17, 15) is 12.8 Å². The third kappa shape index (κ3) is 2.43. The molecule has 2 aromatic rings. The molecule has 0 spiro atoms. The number of rotatable bonds is 4. The van der Waals surface area contributed by atoms with Gasteiger partial charge < -0.3 is 5.43 Å². The normalized spacial score (nSPS) is 11.2. The highest BCUT2D eigenvalue weighted by atomic mass is 32.2. The zero-order valence-electron chi connectivity index (χ0n) is 10.6. The van der Waals surface area contributed by atoms with Crippen molar-refractivity contribution in [2.24, 2.45) is 5.84 Å². The lowest BCUT2D eigenvalue weighted by Crippen LogP contribution is -2.29. The van der Waals surface area contributed by atoms with Crippen molar-refractivity contribution < 1.29 is 12.8 Å². The highest BCUT2D eigenvalue weighted by molar-refractivity contribution is 7.93. The molecular weight excluding hydrogens is 283 g/mol. The summed E-state index contributed by atoms with van der Waals surface area (Å²) in [6.45, 7) is 0. The molecule has 20 heavy (non-hydrogen) atoms. The molecule has 0 aliphatic carbocycles. The molecule has 3 N–H and O–H groups in total. The van der Waals surface area contributed by atoms with Crippen LogP contribution in [0.15, 0.2) is 47.5 Å². The van der Waals surface area contributed by atoms with E-state index >= 15 is 0 Å². The molecule has 8 heteroatoms. The summed E-state index contributed by atoms with van der Waals surface area (Å²) in [7, 11) is -2.70. The lowest BCUT2D eigenvalue weighted by atomic mass is 10.3. The molecule has 0 amide bonds. The van der Waals surface area contributed by atoms with Crippen molar-refractivity contribution in [3.05, 3.63) is 48.4 Å². The minimum atomic E-state index is -3.97. The van der Waals surface area contributed by atoms with Crippen LogP contribution in [0.25, 0.3) is 0 Å². The Morgan fingerprint density at radius 3 is 2.60 bits per heavy atom. The molecule has 6 nitrogen and oxygen atoms in total. The molecule has 106 valence electrons. The number of nitrogen functional groups attached to an aromatic ring is 1. The number of nitrogens with two attached hydrogens (primary N) is 1. The van der Waals surface area contributed by atoms with E-state index in [1.807, 2.05) is 0 Å². The fourth-order valence-corrected chi connectivity index (χ4v) is 3.00. The average Bonchev–Trinajstić information content (AvgIpc) is 2.47. The van der Waals surface area contributed by atoms with Gasteiger partial charge in [-0.3, -0.25) is 4.31 Å². The summed E-state index contributed by atoms with van der Waals surface area (Å²) in [5.41, 5.74) is 2.16. The number of para-hydroxylation sites is 1. The third-order valence-corrected chi connectivity index (χ3v) is 4.54. The van der Waals surface area contributed by atoms with Gasteiger partial charge in [-0.2, -0.15) is 0 Å². The number of hydrogen-bond acceptors (Lipinski definition) is 5. The van der Waals surface area contributed by atoms with E-state index in [2.05, 4.69) is 10.4 Å². The Balaban J connectivity index is 2.53. The molecule has 0 saturated heterocycles. The number of sulfonamides is 1. The first-order valence-electron chi connectivity index (χ1n) is 5.63. The van der Waals surface area contributed by atoms with Crippen LogP contribution in [0.3, 0.4) is 0 Å². The standard InChI is InChI=1S/C12H13FN4O2S/c1-17(10-6-3-2-5-9(10)13)20(18,19)11-7-4-8-15-12(11)16-14/h2-8H,14H2,1H3,(H,15,16). The lowest BCUT2D eigenvalue weighted by molar-refractivity contribution is 0.589. The SMILES string of the molecule is CN(c1ccccc1F)S(=O)(=O)c1cccnc1NN. The van der Waals surface area contributed by atoms with E-state index in [4.69, 9.17) is 5.84 Å². The smallest absolute Gasteiger partial charge is 0.267 e. The van der Waals surface area contributed by atoms with E-state index < -0.39 is 15.8 Å². The Bertz CT molecular complexity index is 721. The van der Waals surface area contributed by atoms with Crippen LogP contribution in [-0.2, 0) is 10.0 Å². The average molecular weight is 296 g/mol. The molecule has 1 aromatic heterocycles. The number of benzene rings is 1. The van der Waals surface area contributed by atoms with Gasteiger partial charge in [0.15, 0.2) is 5.82 Å². The zero-order valence-corrected chi connectivity index (χ0v) is 11.4. The summed E-state index contributed by atoms with van der Waals surface area (Å²) < 4.78 is 39.5. The fraction of sp³-hybridized carbons (Fsp3) is 0.0833. The van der Waals surface area contributed by atoms with Crippen LogP contribution < -0.4 is 15.6 Å². The fourth-order valence-electron chi connectivity index (χ4n) is 1.69. The Hall–Kier alpha value is -2.19. The van der Waals surface area contributed by atoms with Crippen LogP contribution >= 0.6 is 0 Å². The summed E-state index contributed by atoms with van der Waals surface area (Å²) in [5.74, 6) is 4.61. The molecule has 0 atom stereocenters. The molecule has 0 aliphatic heterocycles. The molecule has 0 aliphatic rings. The van der Waals surface area contributed by atoms with Crippen LogP contribution in [0.1, 0.15) is 0 Å². The predicted molar refractivity (Wildman–Crippen MR) is 74.0 cm³/mol. The van der Waals surface area contributed by atoms with E-state index in [1.165, 1.54) is 43.6 Å². The van der Waals surface area contributed by atoms with E-state index in [0.29, 0.717) is 0 Å². The number of aromatic nitrogens is 1. The van der Waals surface area contributed by atoms with Crippen molar-refractivity contribution in [1.29, 1.82) is 0 Å². The first kappa shape index (κ1) is 14.2. The summed E-state index contributed by atoms with van der Waals surface area (Å²) in [6, 6.07) is 8.40. The van der Waals surface area contributed by atoms with E-state index in [0.717, 1.165) is 4.31 Å². The number of hydrogen-bond donors (Lipinski definition) is 2. The van der Waals surface area contributed by atoms with Crippen molar-refractivity contribution in [2.75, 3.05) is 16.8 Å². The quantitative estimate of drug-likeness (QED) is 0.656. The maximum absolute atomic E-state index is 13.7. The van der Waals surface area contributed by atoms with Crippen LogP contribution in [0, 0.1) is 5.82 Å². The third-order valence-electron chi connectivity index (χ3n) is 2.74. The van der Waals surface area contributed by atoms with E-state index in [-0.39, 0.29) is 16.4 Å². The monoisotopic (exact) mass is 296 g/mol. The summed E-state index contributed by atoms with van der Waals surface area (Å²) >= 11 is 0. The second-order valence-electron chi connectivity index (χ2n) is 3.92. The van der Waals surface area contributed by atoms with Crippen molar-refractivity contribution in [1.82, 2.24) is 4.98 Å². The molecule has 0 saturated carbocycles. The molecule has 0 radical (unpaired) electrons. The molecule has 0 unspecified atom stereocenters. The van der Waals surface area contributed by atoms with Gasteiger partial charge >= 0.3 is 0 Å². The van der Waals surface area contributed by atoms with Gasteiger partial charge in [0.1, 0.15) is 10.7 Å². The highest BCUT2D eigenvalue weighted by Crippen LogP contribution is 2.27. The number of halogens is 1. The Morgan fingerprint density at radius 1 is 1.25 bits per heavy atom. The summed E-state index contributed by atoms with van der Waals surface area (Å²) in [6.07, 6.45) is 1.40. The second kappa shape index (κ2) is 5.43. The minimum Gasteiger partial charge on any atom is -0.307 e. The number of pyridine rings is 1. The van der Waals surface area contributed by atoms with Gasteiger partial charge in [-0.05, 0) is 24.3 Å². The maximum Gasteiger partial charge on any atom is 0.267 e. The van der Waals surface area contributed by atoms with Crippen molar-refractivity contribution >= 4 is 21.5 Å². The predicted octanol–water partition coefficient (Wildman–Crippen LogP) is 1.33. The Morgan fingerprint density at radius 2 is 1.95 bits per heavy atom. The Kier molecular flexibility index (Phi) is 3.86. The summed E-state index contributed by atoms with van der Waals surface area (Å²) in [4.78, 5) is 3.70. The van der Waals surface area contributed by atoms with Gasteiger partial charge in [-0.1, -0.05) is 12.1 Å². The van der Waals surface area contributed by atoms with Crippen molar-refractivity contribution in [3.63, 3.8) is 0 Å². The first-order chi connectivity index (χ1) is 9.48. The number of hydrazine groups is 1. The van der Waals surface area contributed by atoms with Gasteiger partial charge in [-0.15, -0.1) is 0 Å². The van der Waals surface area contributed by atoms with Gasteiger partial charge in [-0.25, -0.2) is 23.6 Å². The first-order valence-corrected chi connectivity index (χ1v) is 7.07. The molecule has 0 fully saturated rings. The van der Waals surface area contributed by atoms with Gasteiger partial charge in [0.2, 0.25) is 0 Å². The zero-order chi connectivity index (χ0) is 14.8. The second-order valence-corrected chi connectivity index (χ2v) is 5.86. The molecule has 2 rings (SSSR count). The van der Waals surface area contributed by atoms with Gasteiger partial charge in [0.25, 0.3) is 10.0 Å². The maximum atomic E-state index is 13.7. The largest absolute Gasteiger partial charge is 0.307 e. The van der Waals surface area contributed by atoms with Crippen LogP contribution in [0.2, 0.25) is 0 Å². The molecular formula is C12H13FN4O2S. The minimum absolute atomic E-state index is 0.00399. The van der Waals surface area contributed by atoms with Crippen LogP contribution in [0.4, 0.5) is 15.9 Å². The van der Waals surface area contributed by atoms with Crippen molar-refractivity contribution in [3.8, 4) is 0 Å². The molecule has 0 bridgehead atoms. The van der Waals surface area contributed by atoms with Crippen LogP contribution in [-0.4, -0.2) is 20.4 Å².